The second-order valence-electron chi connectivity index (χ2n) is 6.14. The Morgan fingerprint density at radius 2 is 2.17 bits per heavy atom. The SMILES string of the molecule is CC(CON)C1CCCN(C(=O)OC(C)(C)C)C1. The molecule has 2 atom stereocenters. The van der Waals surface area contributed by atoms with Crippen LogP contribution in [0.5, 0.6) is 0 Å². The molecule has 5 nitrogen and oxygen atoms in total. The molecule has 1 aliphatic heterocycles. The molecule has 1 heterocycles. The fraction of sp³-hybridized carbons (Fsp3) is 0.923. The number of likely N-dealkylation sites (tertiary alicyclic amines) is 1. The van der Waals surface area contributed by atoms with E-state index >= 15 is 0 Å². The number of amides is 1. The summed E-state index contributed by atoms with van der Waals surface area (Å²) < 4.78 is 5.40. The number of piperidine rings is 1. The van der Waals surface area contributed by atoms with E-state index < -0.39 is 5.60 Å². The standard InChI is InChI=1S/C13H26N2O3/c1-10(9-17-14)11-6-5-7-15(8-11)12(16)18-13(2,3)4/h10-11H,5-9,14H2,1-4H3. The zero-order valence-corrected chi connectivity index (χ0v) is 11.9. The quantitative estimate of drug-likeness (QED) is 0.788. The molecular weight excluding hydrogens is 232 g/mol. The summed E-state index contributed by atoms with van der Waals surface area (Å²) in [5.74, 6) is 5.91. The molecule has 0 aromatic carbocycles. The first-order chi connectivity index (χ1) is 8.33. The summed E-state index contributed by atoms with van der Waals surface area (Å²) in [5, 5.41) is 0. The van der Waals surface area contributed by atoms with Crippen LogP contribution in [-0.4, -0.2) is 36.3 Å². The predicted octanol–water partition coefficient (Wildman–Crippen LogP) is 2.16. The van der Waals surface area contributed by atoms with Crippen LogP contribution in [-0.2, 0) is 9.57 Å². The van der Waals surface area contributed by atoms with Gasteiger partial charge in [-0.05, 0) is 45.4 Å². The molecule has 106 valence electrons. The lowest BCUT2D eigenvalue weighted by atomic mass is 9.87. The normalized spacial score (nSPS) is 22.7. The molecule has 0 spiro atoms. The van der Waals surface area contributed by atoms with Gasteiger partial charge in [0.25, 0.3) is 0 Å². The van der Waals surface area contributed by atoms with Gasteiger partial charge in [-0.2, -0.15) is 0 Å². The van der Waals surface area contributed by atoms with E-state index in [0.29, 0.717) is 18.4 Å². The average Bonchev–Trinajstić information content (AvgIpc) is 2.27. The first kappa shape index (κ1) is 15.2. The second-order valence-corrected chi connectivity index (χ2v) is 6.14. The van der Waals surface area contributed by atoms with Crippen molar-refractivity contribution in [3.63, 3.8) is 0 Å². The van der Waals surface area contributed by atoms with Crippen LogP contribution in [0.15, 0.2) is 0 Å². The summed E-state index contributed by atoms with van der Waals surface area (Å²) in [4.78, 5) is 18.5. The van der Waals surface area contributed by atoms with Gasteiger partial charge in [-0.15, -0.1) is 0 Å². The van der Waals surface area contributed by atoms with E-state index in [1.54, 1.807) is 4.90 Å². The van der Waals surface area contributed by atoms with Gasteiger partial charge in [0.2, 0.25) is 0 Å². The molecule has 0 aromatic heterocycles. The van der Waals surface area contributed by atoms with Crippen molar-refractivity contribution in [2.75, 3.05) is 19.7 Å². The zero-order chi connectivity index (χ0) is 13.8. The number of nitrogens with zero attached hydrogens (tertiary/aromatic N) is 1. The predicted molar refractivity (Wildman–Crippen MR) is 69.8 cm³/mol. The molecule has 1 aliphatic rings. The van der Waals surface area contributed by atoms with E-state index in [1.807, 2.05) is 20.8 Å². The van der Waals surface area contributed by atoms with Crippen molar-refractivity contribution in [1.82, 2.24) is 4.90 Å². The van der Waals surface area contributed by atoms with E-state index in [1.165, 1.54) is 0 Å². The van der Waals surface area contributed by atoms with Crippen LogP contribution in [0.1, 0.15) is 40.5 Å². The Hall–Kier alpha value is -0.810. The van der Waals surface area contributed by atoms with Gasteiger partial charge in [0.1, 0.15) is 5.60 Å². The third kappa shape index (κ3) is 4.82. The van der Waals surface area contributed by atoms with Crippen molar-refractivity contribution < 1.29 is 14.4 Å². The summed E-state index contributed by atoms with van der Waals surface area (Å²) in [7, 11) is 0. The van der Waals surface area contributed by atoms with E-state index in [0.717, 1.165) is 25.9 Å². The first-order valence-corrected chi connectivity index (χ1v) is 6.63. The molecular formula is C13H26N2O3. The number of nitrogens with two attached hydrogens (primary N) is 1. The monoisotopic (exact) mass is 258 g/mol. The number of carbonyl (C=O) groups excluding carboxylic acids is 1. The number of hydrogen-bond donors (Lipinski definition) is 1. The van der Waals surface area contributed by atoms with Crippen LogP contribution in [0.25, 0.3) is 0 Å². The summed E-state index contributed by atoms with van der Waals surface area (Å²) in [6.07, 6.45) is 1.91. The Bertz CT molecular complexity index is 276. The van der Waals surface area contributed by atoms with Crippen molar-refractivity contribution >= 4 is 6.09 Å². The smallest absolute Gasteiger partial charge is 0.410 e. The van der Waals surface area contributed by atoms with Crippen LogP contribution in [0.2, 0.25) is 0 Å². The summed E-state index contributed by atoms with van der Waals surface area (Å²) in [6.45, 7) is 9.82. The van der Waals surface area contributed by atoms with Gasteiger partial charge in [0.15, 0.2) is 0 Å². The van der Waals surface area contributed by atoms with Gasteiger partial charge in [-0.25, -0.2) is 10.7 Å². The lowest BCUT2D eigenvalue weighted by Crippen LogP contribution is -2.44. The lowest BCUT2D eigenvalue weighted by molar-refractivity contribution is 0.00728. The topological polar surface area (TPSA) is 64.8 Å². The molecule has 2 unspecified atom stereocenters. The highest BCUT2D eigenvalue weighted by atomic mass is 16.6. The minimum Gasteiger partial charge on any atom is -0.444 e. The van der Waals surface area contributed by atoms with Crippen molar-refractivity contribution in [3.8, 4) is 0 Å². The van der Waals surface area contributed by atoms with Gasteiger partial charge < -0.3 is 14.5 Å². The zero-order valence-electron chi connectivity index (χ0n) is 11.9. The van der Waals surface area contributed by atoms with Crippen LogP contribution in [0.4, 0.5) is 4.79 Å². The van der Waals surface area contributed by atoms with Gasteiger partial charge in [0, 0.05) is 13.1 Å². The Morgan fingerprint density at radius 1 is 1.50 bits per heavy atom. The minimum absolute atomic E-state index is 0.215. The molecule has 2 N–H and O–H groups in total. The van der Waals surface area contributed by atoms with Crippen LogP contribution >= 0.6 is 0 Å². The Morgan fingerprint density at radius 3 is 2.72 bits per heavy atom. The minimum atomic E-state index is -0.435. The number of hydrogen-bond acceptors (Lipinski definition) is 4. The van der Waals surface area contributed by atoms with Gasteiger partial charge >= 0.3 is 6.09 Å². The molecule has 0 aromatic rings. The molecule has 1 saturated heterocycles. The Kier molecular flexibility index (Phi) is 5.41. The first-order valence-electron chi connectivity index (χ1n) is 6.63. The Balaban J connectivity index is 2.50. The van der Waals surface area contributed by atoms with E-state index in [2.05, 4.69) is 6.92 Å². The van der Waals surface area contributed by atoms with Gasteiger partial charge in [-0.3, -0.25) is 0 Å². The van der Waals surface area contributed by atoms with Crippen molar-refractivity contribution in [2.24, 2.45) is 17.7 Å². The molecule has 1 rings (SSSR count). The van der Waals surface area contributed by atoms with Crippen molar-refractivity contribution in [3.05, 3.63) is 0 Å². The molecule has 1 fully saturated rings. The van der Waals surface area contributed by atoms with Crippen LogP contribution in [0.3, 0.4) is 0 Å². The number of rotatable bonds is 3. The fourth-order valence-electron chi connectivity index (χ4n) is 2.25. The number of carbonyl (C=O) groups is 1. The maximum atomic E-state index is 12.0. The largest absolute Gasteiger partial charge is 0.444 e. The van der Waals surface area contributed by atoms with E-state index in [4.69, 9.17) is 15.5 Å². The molecule has 0 bridgehead atoms. The highest BCUT2D eigenvalue weighted by molar-refractivity contribution is 5.68. The third-order valence-corrected chi connectivity index (χ3v) is 3.27. The van der Waals surface area contributed by atoms with Crippen LogP contribution in [0, 0.1) is 11.8 Å². The van der Waals surface area contributed by atoms with Gasteiger partial charge in [-0.1, -0.05) is 6.92 Å². The average molecular weight is 258 g/mol. The maximum absolute atomic E-state index is 12.0. The number of ether oxygens (including phenoxy) is 1. The van der Waals surface area contributed by atoms with Crippen molar-refractivity contribution in [2.45, 2.75) is 46.1 Å². The molecule has 0 radical (unpaired) electrons. The molecule has 5 heteroatoms. The lowest BCUT2D eigenvalue weighted by Gasteiger charge is -2.36. The van der Waals surface area contributed by atoms with E-state index in [-0.39, 0.29) is 6.09 Å². The summed E-state index contributed by atoms with van der Waals surface area (Å²) >= 11 is 0. The van der Waals surface area contributed by atoms with Crippen molar-refractivity contribution in [1.29, 1.82) is 0 Å². The molecule has 0 aliphatic carbocycles. The Labute approximate surface area is 110 Å². The molecule has 18 heavy (non-hydrogen) atoms. The van der Waals surface area contributed by atoms with Crippen LogP contribution < -0.4 is 5.90 Å². The summed E-state index contributed by atoms with van der Waals surface area (Å²) in [5.41, 5.74) is -0.435. The summed E-state index contributed by atoms with van der Waals surface area (Å²) in [6, 6.07) is 0. The highest BCUT2D eigenvalue weighted by Crippen LogP contribution is 2.25. The highest BCUT2D eigenvalue weighted by Gasteiger charge is 2.30. The fourth-order valence-corrected chi connectivity index (χ4v) is 2.25. The second kappa shape index (κ2) is 6.38. The third-order valence-electron chi connectivity index (χ3n) is 3.27. The maximum Gasteiger partial charge on any atom is 0.410 e. The molecule has 0 saturated carbocycles. The van der Waals surface area contributed by atoms with Gasteiger partial charge in [0.05, 0.1) is 6.61 Å². The van der Waals surface area contributed by atoms with E-state index in [9.17, 15) is 4.79 Å². The molecule has 1 amide bonds.